The molecule has 3 aromatic rings. The highest BCUT2D eigenvalue weighted by Crippen LogP contribution is 2.28. The number of ether oxygens (including phenoxy) is 1. The van der Waals surface area contributed by atoms with Crippen molar-refractivity contribution >= 4 is 32.7 Å². The number of carbonyl (C=O) groups excluding carboxylic acids is 1. The summed E-state index contributed by atoms with van der Waals surface area (Å²) in [6.45, 7) is 3.21. The number of fused-ring (bicyclic) bond motifs is 1. The fourth-order valence-corrected chi connectivity index (χ4v) is 5.45. The number of amides is 1. The Kier molecular flexibility index (Phi) is 5.83. The first-order valence-corrected chi connectivity index (χ1v) is 11.7. The monoisotopic (exact) mass is 458 g/mol. The average Bonchev–Trinajstić information content (AvgIpc) is 3.02. The van der Waals surface area contributed by atoms with Crippen LogP contribution in [0.4, 0.5) is 5.69 Å². The predicted molar refractivity (Wildman–Crippen MR) is 121 cm³/mol. The van der Waals surface area contributed by atoms with E-state index in [2.05, 4.69) is 0 Å². The van der Waals surface area contributed by atoms with E-state index >= 15 is 0 Å². The third-order valence-corrected chi connectivity index (χ3v) is 7.61. The molecule has 0 unspecified atom stereocenters. The third kappa shape index (κ3) is 3.80. The van der Waals surface area contributed by atoms with Gasteiger partial charge in [0.25, 0.3) is 10.0 Å². The molecular formula is C22H26N4O5S. The van der Waals surface area contributed by atoms with E-state index < -0.39 is 10.0 Å². The zero-order valence-electron chi connectivity index (χ0n) is 18.3. The van der Waals surface area contributed by atoms with Crippen molar-refractivity contribution in [3.63, 3.8) is 0 Å². The van der Waals surface area contributed by atoms with Gasteiger partial charge < -0.3 is 9.64 Å². The van der Waals surface area contributed by atoms with Gasteiger partial charge in [0.1, 0.15) is 6.54 Å². The second-order valence-corrected chi connectivity index (χ2v) is 9.70. The van der Waals surface area contributed by atoms with Crippen LogP contribution in [0.3, 0.4) is 0 Å². The molecule has 10 heteroatoms. The van der Waals surface area contributed by atoms with E-state index in [-0.39, 0.29) is 23.0 Å². The molecule has 1 fully saturated rings. The molecule has 0 atom stereocenters. The summed E-state index contributed by atoms with van der Waals surface area (Å²) in [5.74, 6) is -0.284. The van der Waals surface area contributed by atoms with E-state index in [0.717, 1.165) is 9.87 Å². The van der Waals surface area contributed by atoms with Gasteiger partial charge in [-0.15, -0.1) is 0 Å². The number of imidazole rings is 1. The lowest BCUT2D eigenvalue weighted by molar-refractivity contribution is -0.133. The number of aryl methyl sites for hydroxylation is 3. The Balaban J connectivity index is 1.80. The minimum absolute atomic E-state index is 0.0178. The van der Waals surface area contributed by atoms with Crippen molar-refractivity contribution in [1.82, 2.24) is 14.0 Å². The number of hydrogen-bond acceptors (Lipinski definition) is 5. The van der Waals surface area contributed by atoms with E-state index in [1.807, 2.05) is 6.07 Å². The van der Waals surface area contributed by atoms with E-state index in [1.165, 1.54) is 21.3 Å². The number of para-hydroxylation sites is 1. The Morgan fingerprint density at radius 1 is 1.03 bits per heavy atom. The molecule has 1 aliphatic heterocycles. The van der Waals surface area contributed by atoms with Gasteiger partial charge in [-0.2, -0.15) is 0 Å². The lowest BCUT2D eigenvalue weighted by Gasteiger charge is -2.31. The minimum Gasteiger partial charge on any atom is -0.378 e. The summed E-state index contributed by atoms with van der Waals surface area (Å²) in [5, 5.41) is 0. The first-order valence-electron chi connectivity index (χ1n) is 10.3. The Hall–Kier alpha value is -3.11. The molecule has 0 spiro atoms. The predicted octanol–water partition coefficient (Wildman–Crippen LogP) is 1.24. The lowest BCUT2D eigenvalue weighted by atomic mass is 10.2. The summed E-state index contributed by atoms with van der Waals surface area (Å²) in [7, 11) is -0.855. The summed E-state index contributed by atoms with van der Waals surface area (Å²) in [5.41, 5.74) is 2.06. The van der Waals surface area contributed by atoms with Gasteiger partial charge in [-0.25, -0.2) is 13.2 Å². The average molecular weight is 459 g/mol. The van der Waals surface area contributed by atoms with Crippen molar-refractivity contribution in [3.8, 4) is 0 Å². The smallest absolute Gasteiger partial charge is 0.328 e. The van der Waals surface area contributed by atoms with Gasteiger partial charge in [0, 0.05) is 27.2 Å². The number of benzene rings is 2. The van der Waals surface area contributed by atoms with Gasteiger partial charge in [-0.1, -0.05) is 18.2 Å². The normalized spacial score (nSPS) is 14.7. The van der Waals surface area contributed by atoms with E-state index in [0.29, 0.717) is 43.0 Å². The van der Waals surface area contributed by atoms with Crippen LogP contribution in [0.25, 0.3) is 11.0 Å². The Labute approximate surface area is 186 Å². The Morgan fingerprint density at radius 2 is 1.69 bits per heavy atom. The topological polar surface area (TPSA) is 93.8 Å². The van der Waals surface area contributed by atoms with Crippen molar-refractivity contribution in [2.45, 2.75) is 11.8 Å². The molecule has 0 radical (unpaired) electrons. The molecule has 1 amide bonds. The van der Waals surface area contributed by atoms with Crippen molar-refractivity contribution in [1.29, 1.82) is 0 Å². The number of morpholine rings is 1. The third-order valence-electron chi connectivity index (χ3n) is 5.86. The van der Waals surface area contributed by atoms with Crippen LogP contribution >= 0.6 is 0 Å². The molecule has 1 saturated heterocycles. The fourth-order valence-electron chi connectivity index (χ4n) is 3.95. The molecule has 1 aromatic heterocycles. The molecule has 2 heterocycles. The molecule has 1 aliphatic rings. The number of sulfonamides is 1. The van der Waals surface area contributed by atoms with Crippen molar-refractivity contribution < 1.29 is 17.9 Å². The van der Waals surface area contributed by atoms with Crippen molar-refractivity contribution in [2.24, 2.45) is 14.1 Å². The maximum Gasteiger partial charge on any atom is 0.328 e. The van der Waals surface area contributed by atoms with Crippen molar-refractivity contribution in [3.05, 3.63) is 58.5 Å². The zero-order chi connectivity index (χ0) is 23.0. The number of nitrogens with zero attached hydrogens (tertiary/aromatic N) is 4. The molecule has 2 aromatic carbocycles. The van der Waals surface area contributed by atoms with E-state index in [1.54, 1.807) is 50.2 Å². The second kappa shape index (κ2) is 8.44. The SMILES string of the molecule is Cc1ccccc1N(CC(=O)N1CCOCC1)S(=O)(=O)c1ccc2c(c1)n(C)c(=O)n2C. The summed E-state index contributed by atoms with van der Waals surface area (Å²) in [6.07, 6.45) is 0. The molecule has 4 rings (SSSR count). The highest BCUT2D eigenvalue weighted by atomic mass is 32.2. The maximum atomic E-state index is 13.8. The largest absolute Gasteiger partial charge is 0.378 e. The molecular weight excluding hydrogens is 432 g/mol. The fraction of sp³-hybridized carbons (Fsp3) is 0.364. The number of anilines is 1. The molecule has 9 nitrogen and oxygen atoms in total. The van der Waals surface area contributed by atoms with Gasteiger partial charge in [-0.05, 0) is 36.8 Å². The van der Waals surface area contributed by atoms with E-state index in [9.17, 15) is 18.0 Å². The highest BCUT2D eigenvalue weighted by Gasteiger charge is 2.31. The van der Waals surface area contributed by atoms with Gasteiger partial charge in [0.05, 0.1) is 34.8 Å². The summed E-state index contributed by atoms with van der Waals surface area (Å²) >= 11 is 0. The van der Waals surface area contributed by atoms with Crippen LogP contribution in [0, 0.1) is 6.92 Å². The van der Waals surface area contributed by atoms with Crippen LogP contribution in [0.5, 0.6) is 0 Å². The Bertz CT molecular complexity index is 1340. The van der Waals surface area contributed by atoms with Gasteiger partial charge >= 0.3 is 5.69 Å². The summed E-state index contributed by atoms with van der Waals surface area (Å²) in [4.78, 5) is 26.9. The molecule has 170 valence electrons. The van der Waals surface area contributed by atoms with Crippen LogP contribution in [0.2, 0.25) is 0 Å². The standard InChI is InChI=1S/C22H26N4O5S/c1-16-6-4-5-7-18(16)26(15-21(27)25-10-12-31-13-11-25)32(29,30)17-8-9-19-20(14-17)24(3)22(28)23(19)2/h4-9,14H,10-13,15H2,1-3H3. The molecule has 32 heavy (non-hydrogen) atoms. The van der Waals surface area contributed by atoms with Crippen molar-refractivity contribution in [2.75, 3.05) is 37.2 Å². The number of carbonyl (C=O) groups is 1. The first-order chi connectivity index (χ1) is 15.2. The van der Waals surface area contributed by atoms with E-state index in [4.69, 9.17) is 4.74 Å². The van der Waals surface area contributed by atoms with Gasteiger partial charge in [0.2, 0.25) is 5.91 Å². The number of rotatable bonds is 5. The lowest BCUT2D eigenvalue weighted by Crippen LogP contribution is -2.47. The summed E-state index contributed by atoms with van der Waals surface area (Å²) in [6, 6.07) is 11.6. The van der Waals surface area contributed by atoms with Crippen LogP contribution in [-0.2, 0) is 33.7 Å². The molecule has 0 saturated carbocycles. The van der Waals surface area contributed by atoms with Gasteiger partial charge in [-0.3, -0.25) is 18.2 Å². The van der Waals surface area contributed by atoms with Crippen LogP contribution in [0.1, 0.15) is 5.56 Å². The molecule has 0 bridgehead atoms. The van der Waals surface area contributed by atoms with Crippen LogP contribution in [-0.4, -0.2) is 61.2 Å². The van der Waals surface area contributed by atoms with Gasteiger partial charge in [0.15, 0.2) is 0 Å². The number of aromatic nitrogens is 2. The first kappa shape index (κ1) is 22.1. The van der Waals surface area contributed by atoms with Crippen LogP contribution in [0.15, 0.2) is 52.2 Å². The van der Waals surface area contributed by atoms with Crippen LogP contribution < -0.4 is 9.99 Å². The quantitative estimate of drug-likeness (QED) is 0.574. The zero-order valence-corrected chi connectivity index (χ0v) is 19.1. The second-order valence-electron chi connectivity index (χ2n) is 7.84. The molecule has 0 N–H and O–H groups in total. The summed E-state index contributed by atoms with van der Waals surface area (Å²) < 4.78 is 36.9. The minimum atomic E-state index is -4.09. The maximum absolute atomic E-state index is 13.8. The highest BCUT2D eigenvalue weighted by molar-refractivity contribution is 7.92. The number of hydrogen-bond donors (Lipinski definition) is 0. The molecule has 0 aliphatic carbocycles. The Morgan fingerprint density at radius 3 is 2.38 bits per heavy atom.